The van der Waals surface area contributed by atoms with E-state index in [4.69, 9.17) is 21.3 Å². The van der Waals surface area contributed by atoms with E-state index in [2.05, 4.69) is 5.32 Å². The van der Waals surface area contributed by atoms with E-state index in [1.807, 2.05) is 44.4 Å². The Morgan fingerprint density at radius 2 is 1.74 bits per heavy atom. The first-order valence-corrected chi connectivity index (χ1v) is 12.5. The predicted octanol–water partition coefficient (Wildman–Crippen LogP) is 4.90. The molecule has 2 amide bonds. The van der Waals surface area contributed by atoms with Gasteiger partial charge in [0.1, 0.15) is 5.92 Å². The molecule has 0 bridgehead atoms. The van der Waals surface area contributed by atoms with Crippen LogP contribution in [0.2, 0.25) is 5.02 Å². The van der Waals surface area contributed by atoms with Gasteiger partial charge < -0.3 is 19.9 Å². The molecule has 1 aliphatic heterocycles. The third-order valence-corrected chi connectivity index (χ3v) is 6.41. The molecule has 0 fully saturated rings. The number of esters is 1. The van der Waals surface area contributed by atoms with Crippen LogP contribution in [0.25, 0.3) is 0 Å². The maximum atomic E-state index is 13.2. The predicted molar refractivity (Wildman–Crippen MR) is 150 cm³/mol. The summed E-state index contributed by atoms with van der Waals surface area (Å²) in [7, 11) is 5.33. The highest BCUT2D eigenvalue weighted by Gasteiger charge is 2.36. The molecule has 196 valence electrons. The summed E-state index contributed by atoms with van der Waals surface area (Å²) in [6, 6.07) is 19.6. The van der Waals surface area contributed by atoms with Crippen LogP contribution in [0, 0.1) is 0 Å². The zero-order chi connectivity index (χ0) is 27.4. The van der Waals surface area contributed by atoms with E-state index in [0.29, 0.717) is 38.9 Å². The van der Waals surface area contributed by atoms with E-state index >= 15 is 0 Å². The zero-order valence-electron chi connectivity index (χ0n) is 21.7. The molecule has 1 aliphatic rings. The molecular formula is C29H29ClN4O4. The van der Waals surface area contributed by atoms with Crippen molar-refractivity contribution in [3.05, 3.63) is 88.4 Å². The van der Waals surface area contributed by atoms with Crippen molar-refractivity contribution in [3.63, 3.8) is 0 Å². The number of nitrogens with one attached hydrogen (secondary N) is 1. The maximum Gasteiger partial charge on any atom is 0.338 e. The number of nitrogens with zero attached hydrogens (tertiary/aromatic N) is 3. The lowest BCUT2D eigenvalue weighted by Crippen LogP contribution is -2.35. The van der Waals surface area contributed by atoms with Crippen molar-refractivity contribution in [2.45, 2.75) is 12.8 Å². The first kappa shape index (κ1) is 27.0. The van der Waals surface area contributed by atoms with E-state index in [0.717, 1.165) is 5.56 Å². The molecule has 0 aromatic heterocycles. The summed E-state index contributed by atoms with van der Waals surface area (Å²) in [5.74, 6) is -1.50. The van der Waals surface area contributed by atoms with Gasteiger partial charge in [-0.25, -0.2) is 4.79 Å². The first-order valence-electron chi connectivity index (χ1n) is 12.2. The van der Waals surface area contributed by atoms with Crippen LogP contribution in [0.15, 0.2) is 71.7 Å². The maximum absolute atomic E-state index is 13.2. The lowest BCUT2D eigenvalue weighted by atomic mass is 9.90. The fourth-order valence-electron chi connectivity index (χ4n) is 4.27. The van der Waals surface area contributed by atoms with Crippen LogP contribution in [0.3, 0.4) is 0 Å². The Hall–Kier alpha value is -4.01. The molecule has 1 atom stereocenters. The molecule has 3 aromatic rings. The van der Waals surface area contributed by atoms with Crippen LogP contribution in [0.5, 0.6) is 0 Å². The third kappa shape index (κ3) is 5.77. The Labute approximate surface area is 226 Å². The lowest BCUT2D eigenvalue weighted by Gasteiger charge is -2.21. The summed E-state index contributed by atoms with van der Waals surface area (Å²) in [6.45, 7) is 2.25. The van der Waals surface area contributed by atoms with Gasteiger partial charge in [-0.1, -0.05) is 48.0 Å². The SMILES string of the molecule is CCOC(=O)c1ccc2c(c1)NC(=O)C2C(=Nc1ccc(N(C)C(=O)CN(C)C)c(Cl)c1)c1ccccc1. The van der Waals surface area contributed by atoms with Crippen LogP contribution in [-0.4, -0.2) is 62.7 Å². The number of hydrogen-bond acceptors (Lipinski definition) is 6. The summed E-state index contributed by atoms with van der Waals surface area (Å²) in [4.78, 5) is 46.1. The monoisotopic (exact) mass is 532 g/mol. The van der Waals surface area contributed by atoms with Gasteiger partial charge in [0.15, 0.2) is 0 Å². The van der Waals surface area contributed by atoms with Crippen molar-refractivity contribution in [2.24, 2.45) is 4.99 Å². The highest BCUT2D eigenvalue weighted by molar-refractivity contribution is 6.34. The molecule has 1 N–H and O–H groups in total. The van der Waals surface area contributed by atoms with Gasteiger partial charge in [0.25, 0.3) is 0 Å². The molecule has 8 nitrogen and oxygen atoms in total. The second kappa shape index (κ2) is 11.6. The number of amides is 2. The second-order valence-electron chi connectivity index (χ2n) is 9.13. The Kier molecular flexibility index (Phi) is 8.24. The second-order valence-corrected chi connectivity index (χ2v) is 9.54. The van der Waals surface area contributed by atoms with Crippen molar-refractivity contribution >= 4 is 52.2 Å². The number of halogens is 1. The number of rotatable bonds is 8. The molecule has 3 aromatic carbocycles. The van der Waals surface area contributed by atoms with E-state index < -0.39 is 11.9 Å². The van der Waals surface area contributed by atoms with E-state index in [1.165, 1.54) is 4.90 Å². The third-order valence-electron chi connectivity index (χ3n) is 6.11. The smallest absolute Gasteiger partial charge is 0.338 e. The normalized spacial score (nSPS) is 14.7. The number of hydrogen-bond donors (Lipinski definition) is 1. The van der Waals surface area contributed by atoms with Gasteiger partial charge >= 0.3 is 5.97 Å². The van der Waals surface area contributed by atoms with Crippen molar-refractivity contribution in [3.8, 4) is 0 Å². The number of fused-ring (bicyclic) bond motifs is 1. The summed E-state index contributed by atoms with van der Waals surface area (Å²) < 4.78 is 5.09. The molecule has 0 saturated heterocycles. The number of carbonyl (C=O) groups excluding carboxylic acids is 3. The van der Waals surface area contributed by atoms with Gasteiger partial charge in [-0.15, -0.1) is 0 Å². The highest BCUT2D eigenvalue weighted by atomic mass is 35.5. The number of anilines is 2. The topological polar surface area (TPSA) is 91.3 Å². The van der Waals surface area contributed by atoms with E-state index in [-0.39, 0.29) is 25.0 Å². The van der Waals surface area contributed by atoms with Gasteiger partial charge in [-0.2, -0.15) is 0 Å². The molecule has 1 unspecified atom stereocenters. The molecule has 38 heavy (non-hydrogen) atoms. The van der Waals surface area contributed by atoms with Crippen LogP contribution in [-0.2, 0) is 14.3 Å². The van der Waals surface area contributed by atoms with Gasteiger partial charge in [0.2, 0.25) is 11.8 Å². The molecule has 1 heterocycles. The quantitative estimate of drug-likeness (QED) is 0.329. The first-order chi connectivity index (χ1) is 18.2. The number of ether oxygens (including phenoxy) is 1. The molecule has 9 heteroatoms. The van der Waals surface area contributed by atoms with Crippen molar-refractivity contribution in [1.29, 1.82) is 0 Å². The van der Waals surface area contributed by atoms with Gasteiger partial charge in [-0.05, 0) is 62.5 Å². The number of carbonyl (C=O) groups is 3. The molecular weight excluding hydrogens is 504 g/mol. The zero-order valence-corrected chi connectivity index (χ0v) is 22.5. The molecule has 0 radical (unpaired) electrons. The largest absolute Gasteiger partial charge is 0.462 e. The van der Waals surface area contributed by atoms with Gasteiger partial charge in [-0.3, -0.25) is 14.6 Å². The minimum absolute atomic E-state index is 0.0976. The highest BCUT2D eigenvalue weighted by Crippen LogP contribution is 2.38. The molecule has 0 aliphatic carbocycles. The Bertz CT molecular complexity index is 1400. The summed E-state index contributed by atoms with van der Waals surface area (Å²) in [6.07, 6.45) is 0. The summed E-state index contributed by atoms with van der Waals surface area (Å²) in [5, 5.41) is 3.25. The van der Waals surface area contributed by atoms with Crippen LogP contribution < -0.4 is 10.2 Å². The van der Waals surface area contributed by atoms with Crippen molar-refractivity contribution in [1.82, 2.24) is 4.90 Å². The average molecular weight is 533 g/mol. The summed E-state index contributed by atoms with van der Waals surface area (Å²) in [5.41, 5.74) is 4.02. The van der Waals surface area contributed by atoms with E-state index in [9.17, 15) is 14.4 Å². The fraction of sp³-hybridized carbons (Fsp3) is 0.241. The molecule has 0 saturated carbocycles. The van der Waals surface area contributed by atoms with Crippen molar-refractivity contribution in [2.75, 3.05) is 44.5 Å². The fourth-order valence-corrected chi connectivity index (χ4v) is 4.57. The molecule has 0 spiro atoms. The van der Waals surface area contributed by atoms with Crippen LogP contribution in [0.4, 0.5) is 17.1 Å². The standard InChI is InChI=1S/C29H29ClN4O4/c1-5-38-29(37)19-11-13-21-23(15-19)32-28(36)26(21)27(18-9-7-6-8-10-18)31-20-12-14-24(22(30)16-20)34(4)25(35)17-33(2)3/h6-16,26H,5,17H2,1-4H3,(H,32,36). The van der Waals surface area contributed by atoms with Gasteiger partial charge in [0, 0.05) is 12.7 Å². The average Bonchev–Trinajstić information content (AvgIpc) is 3.21. The minimum atomic E-state index is -0.702. The Balaban J connectivity index is 1.74. The van der Waals surface area contributed by atoms with E-state index in [1.54, 1.807) is 55.3 Å². The van der Waals surface area contributed by atoms with Crippen LogP contribution in [0.1, 0.15) is 34.3 Å². The number of benzene rings is 3. The summed E-state index contributed by atoms with van der Waals surface area (Å²) >= 11 is 6.58. The Morgan fingerprint density at radius 3 is 2.39 bits per heavy atom. The molecule has 4 rings (SSSR count). The number of likely N-dealkylation sites (N-methyl/N-ethyl adjacent to an activating group) is 2. The Morgan fingerprint density at radius 1 is 1.00 bits per heavy atom. The van der Waals surface area contributed by atoms with Gasteiger partial charge in [0.05, 0.1) is 40.8 Å². The van der Waals surface area contributed by atoms with Crippen molar-refractivity contribution < 1.29 is 19.1 Å². The van der Waals surface area contributed by atoms with Crippen LogP contribution >= 0.6 is 11.6 Å². The number of aliphatic imine (C=N–C) groups is 1. The minimum Gasteiger partial charge on any atom is -0.462 e. The lowest BCUT2D eigenvalue weighted by molar-refractivity contribution is -0.119.